The molecule has 0 amide bonds. The molecule has 0 spiro atoms. The van der Waals surface area contributed by atoms with E-state index in [4.69, 9.17) is 19.9 Å². The van der Waals surface area contributed by atoms with Crippen LogP contribution in [0.25, 0.3) is 100 Å². The van der Waals surface area contributed by atoms with Gasteiger partial charge >= 0.3 is 0 Å². The third-order valence-electron chi connectivity index (χ3n) is 9.96. The van der Waals surface area contributed by atoms with Gasteiger partial charge in [-0.1, -0.05) is 127 Å². The minimum Gasteiger partial charge on any atom is -0.237 e. The van der Waals surface area contributed by atoms with Crippen molar-refractivity contribution in [1.29, 1.82) is 0 Å². The molecule has 0 aliphatic heterocycles. The molecule has 10 rings (SSSR count). The Labute approximate surface area is 306 Å². The lowest BCUT2D eigenvalue weighted by atomic mass is 9.87. The summed E-state index contributed by atoms with van der Waals surface area (Å²) in [4.78, 5) is 24.6. The van der Waals surface area contributed by atoms with E-state index in [1.807, 2.05) is 79.9 Å². The van der Waals surface area contributed by atoms with E-state index in [9.17, 15) is 0 Å². The maximum Gasteiger partial charge on any atom is 0.164 e. The number of rotatable bonds is 6. The van der Waals surface area contributed by atoms with Gasteiger partial charge in [-0.15, -0.1) is 0 Å². The van der Waals surface area contributed by atoms with Gasteiger partial charge in [0.05, 0.1) is 0 Å². The second-order valence-corrected chi connectivity index (χ2v) is 13.4. The van der Waals surface area contributed by atoms with E-state index in [0.29, 0.717) is 23.3 Å². The summed E-state index contributed by atoms with van der Waals surface area (Å²) in [5, 5.41) is 7.47. The molecule has 5 heteroatoms. The van der Waals surface area contributed by atoms with Crippen LogP contribution < -0.4 is 0 Å². The third-order valence-corrected chi connectivity index (χ3v) is 9.96. The molecule has 0 atom stereocenters. The second kappa shape index (κ2) is 12.6. The van der Waals surface area contributed by atoms with Crippen LogP contribution in [-0.4, -0.2) is 24.9 Å². The van der Waals surface area contributed by atoms with Gasteiger partial charge in [0.25, 0.3) is 0 Å². The first-order valence-corrected chi connectivity index (χ1v) is 17.7. The van der Waals surface area contributed by atoms with Crippen LogP contribution in [0.5, 0.6) is 0 Å². The van der Waals surface area contributed by atoms with Crippen LogP contribution in [0.2, 0.25) is 0 Å². The highest BCUT2D eigenvalue weighted by Crippen LogP contribution is 2.42. The molecule has 0 bridgehead atoms. The van der Waals surface area contributed by atoms with E-state index in [2.05, 4.69) is 102 Å². The molecule has 0 aliphatic carbocycles. The number of benzene rings is 8. The molecule has 10 aromatic rings. The SMILES string of the molecule is Cc1ccnc(-c2cccc(-c3cc(-c4nc(-c5ccccc5)nc(-c5ccccc5)n4)cc(-c4cc5cccc6ccc7cccc4c7c65)c3)c2)n1. The van der Waals surface area contributed by atoms with Gasteiger partial charge in [0.2, 0.25) is 0 Å². The Kier molecular flexibility index (Phi) is 7.29. The molecule has 0 N–H and O–H groups in total. The third kappa shape index (κ3) is 5.56. The van der Waals surface area contributed by atoms with Gasteiger partial charge in [-0.2, -0.15) is 0 Å². The van der Waals surface area contributed by atoms with E-state index in [-0.39, 0.29) is 0 Å². The van der Waals surface area contributed by atoms with E-state index in [1.165, 1.54) is 32.3 Å². The highest BCUT2D eigenvalue weighted by Gasteiger charge is 2.18. The largest absolute Gasteiger partial charge is 0.237 e. The smallest absolute Gasteiger partial charge is 0.164 e. The minimum atomic E-state index is 0.607. The molecule has 0 fully saturated rings. The maximum absolute atomic E-state index is 5.14. The summed E-state index contributed by atoms with van der Waals surface area (Å²) >= 11 is 0. The van der Waals surface area contributed by atoms with Crippen LogP contribution in [0, 0.1) is 6.92 Å². The summed E-state index contributed by atoms with van der Waals surface area (Å²) in [6.45, 7) is 1.99. The molecule has 0 saturated heterocycles. The molecule has 0 unspecified atom stereocenters. The molecule has 53 heavy (non-hydrogen) atoms. The fourth-order valence-corrected chi connectivity index (χ4v) is 7.44. The van der Waals surface area contributed by atoms with E-state index >= 15 is 0 Å². The van der Waals surface area contributed by atoms with Crippen molar-refractivity contribution >= 4 is 32.3 Å². The Bertz CT molecular complexity index is 2900. The van der Waals surface area contributed by atoms with Gasteiger partial charge in [-0.3, -0.25) is 0 Å². The van der Waals surface area contributed by atoms with Crippen LogP contribution in [0.15, 0.2) is 170 Å². The molecule has 0 saturated carbocycles. The van der Waals surface area contributed by atoms with Crippen molar-refractivity contribution in [1.82, 2.24) is 24.9 Å². The molecule has 2 heterocycles. The van der Waals surface area contributed by atoms with Crippen molar-refractivity contribution in [3.05, 3.63) is 176 Å². The summed E-state index contributed by atoms with van der Waals surface area (Å²) in [6.07, 6.45) is 1.81. The van der Waals surface area contributed by atoms with Crippen molar-refractivity contribution in [3.63, 3.8) is 0 Å². The van der Waals surface area contributed by atoms with Gasteiger partial charge < -0.3 is 0 Å². The van der Waals surface area contributed by atoms with Crippen molar-refractivity contribution < 1.29 is 0 Å². The first-order valence-electron chi connectivity index (χ1n) is 17.7. The Morgan fingerprint density at radius 2 is 0.887 bits per heavy atom. The number of aryl methyl sites for hydroxylation is 1. The van der Waals surface area contributed by atoms with Crippen molar-refractivity contribution in [2.24, 2.45) is 0 Å². The van der Waals surface area contributed by atoms with Crippen molar-refractivity contribution in [3.8, 4) is 67.8 Å². The number of nitrogens with zero attached hydrogens (tertiary/aromatic N) is 5. The summed E-state index contributed by atoms with van der Waals surface area (Å²) in [5.41, 5.74) is 8.98. The average Bonchev–Trinajstić information content (AvgIpc) is 3.23. The predicted octanol–water partition coefficient (Wildman–Crippen LogP) is 11.9. The van der Waals surface area contributed by atoms with Crippen LogP contribution in [-0.2, 0) is 0 Å². The number of hydrogen-bond donors (Lipinski definition) is 0. The quantitative estimate of drug-likeness (QED) is 0.164. The summed E-state index contributed by atoms with van der Waals surface area (Å²) in [7, 11) is 0. The van der Waals surface area contributed by atoms with Crippen LogP contribution in [0.1, 0.15) is 5.69 Å². The Morgan fingerprint density at radius 1 is 0.340 bits per heavy atom. The van der Waals surface area contributed by atoms with E-state index < -0.39 is 0 Å². The highest BCUT2D eigenvalue weighted by molar-refractivity contribution is 6.26. The molecule has 0 aliphatic rings. The Morgan fingerprint density at radius 3 is 1.60 bits per heavy atom. The van der Waals surface area contributed by atoms with Gasteiger partial charge in [0, 0.05) is 34.1 Å². The zero-order chi connectivity index (χ0) is 35.3. The molecule has 2 aromatic heterocycles. The fraction of sp³-hybridized carbons (Fsp3) is 0.0208. The number of hydrogen-bond acceptors (Lipinski definition) is 5. The van der Waals surface area contributed by atoms with Crippen molar-refractivity contribution in [2.75, 3.05) is 0 Å². The zero-order valence-corrected chi connectivity index (χ0v) is 28.9. The summed E-state index contributed by atoms with van der Waals surface area (Å²) < 4.78 is 0. The zero-order valence-electron chi connectivity index (χ0n) is 28.9. The van der Waals surface area contributed by atoms with Gasteiger partial charge in [-0.25, -0.2) is 24.9 Å². The van der Waals surface area contributed by atoms with Gasteiger partial charge in [-0.05, 0) is 97.9 Å². The lowest BCUT2D eigenvalue weighted by molar-refractivity contribution is 1.07. The lowest BCUT2D eigenvalue weighted by Gasteiger charge is -2.17. The summed E-state index contributed by atoms with van der Waals surface area (Å²) in [5.74, 6) is 2.56. The molecule has 5 nitrogen and oxygen atoms in total. The lowest BCUT2D eigenvalue weighted by Crippen LogP contribution is -2.00. The van der Waals surface area contributed by atoms with Gasteiger partial charge in [0.1, 0.15) is 0 Å². The molecule has 248 valence electrons. The average molecular weight is 678 g/mol. The van der Waals surface area contributed by atoms with Crippen LogP contribution in [0.4, 0.5) is 0 Å². The minimum absolute atomic E-state index is 0.607. The fourth-order valence-electron chi connectivity index (χ4n) is 7.44. The topological polar surface area (TPSA) is 64.5 Å². The first-order chi connectivity index (χ1) is 26.1. The first kappa shape index (κ1) is 30.7. The van der Waals surface area contributed by atoms with Crippen LogP contribution >= 0.6 is 0 Å². The number of aromatic nitrogens is 5. The molecular weight excluding hydrogens is 647 g/mol. The highest BCUT2D eigenvalue weighted by atomic mass is 15.0. The monoisotopic (exact) mass is 677 g/mol. The normalized spacial score (nSPS) is 11.5. The predicted molar refractivity (Wildman–Crippen MR) is 216 cm³/mol. The second-order valence-electron chi connectivity index (χ2n) is 13.4. The Balaban J connectivity index is 1.25. The standard InChI is InChI=1S/C48H31N5/c1-30-23-24-49-45(50-30)37-19-9-17-35(25-37)38-26-39(42-29-36-18-8-15-31-21-22-32-16-10-20-41(42)44(32)43(31)36)28-40(27-38)48-52-46(33-11-4-2-5-12-33)51-47(53-48)34-13-6-3-7-14-34/h2-29H,1H3. The maximum atomic E-state index is 5.14. The van der Waals surface area contributed by atoms with Crippen molar-refractivity contribution in [2.45, 2.75) is 6.92 Å². The molecule has 8 aromatic carbocycles. The summed E-state index contributed by atoms with van der Waals surface area (Å²) in [6, 6.07) is 57.3. The van der Waals surface area contributed by atoms with Crippen LogP contribution in [0.3, 0.4) is 0 Å². The molecular formula is C48H31N5. The van der Waals surface area contributed by atoms with E-state index in [1.54, 1.807) is 0 Å². The van der Waals surface area contributed by atoms with Gasteiger partial charge in [0.15, 0.2) is 23.3 Å². The van der Waals surface area contributed by atoms with E-state index in [0.717, 1.165) is 50.2 Å². The molecule has 0 radical (unpaired) electrons. The Hall–Kier alpha value is -7.11.